The molecule has 1 aromatic carbocycles. The third kappa shape index (κ3) is 5.53. The first-order valence-electron chi connectivity index (χ1n) is 7.68. The largest absolute Gasteiger partial charge is 0.490 e. The van der Waals surface area contributed by atoms with Gasteiger partial charge in [-0.05, 0) is 52.6 Å². The van der Waals surface area contributed by atoms with Crippen molar-refractivity contribution in [2.24, 2.45) is 5.41 Å². The number of likely N-dealkylation sites (tertiary alicyclic amines) is 1. The molecule has 3 heteroatoms. The lowest BCUT2D eigenvalue weighted by atomic mass is 9.90. The van der Waals surface area contributed by atoms with Gasteiger partial charge in [0.1, 0.15) is 11.9 Å². The fourth-order valence-electron chi connectivity index (χ4n) is 2.75. The SMILES string of the molecule is C=C(CC(C)(C)C)N1CCC(Oc2cccc(I)c2)CC1. The fraction of sp³-hybridized carbons (Fsp3) is 0.556. The normalized spacial score (nSPS) is 16.9. The van der Waals surface area contributed by atoms with Crippen LogP contribution >= 0.6 is 22.6 Å². The van der Waals surface area contributed by atoms with Gasteiger partial charge in [-0.3, -0.25) is 0 Å². The van der Waals surface area contributed by atoms with E-state index in [-0.39, 0.29) is 0 Å². The summed E-state index contributed by atoms with van der Waals surface area (Å²) in [5.41, 5.74) is 1.58. The van der Waals surface area contributed by atoms with Gasteiger partial charge in [-0.1, -0.05) is 33.4 Å². The summed E-state index contributed by atoms with van der Waals surface area (Å²) in [7, 11) is 0. The van der Waals surface area contributed by atoms with Crippen molar-refractivity contribution >= 4 is 22.6 Å². The molecule has 0 spiro atoms. The second-order valence-corrected chi connectivity index (χ2v) is 8.31. The molecule has 116 valence electrons. The molecule has 21 heavy (non-hydrogen) atoms. The second-order valence-electron chi connectivity index (χ2n) is 7.07. The Bertz CT molecular complexity index is 484. The summed E-state index contributed by atoms with van der Waals surface area (Å²) in [4.78, 5) is 2.43. The van der Waals surface area contributed by atoms with Crippen LogP contribution in [0.4, 0.5) is 0 Å². The van der Waals surface area contributed by atoms with E-state index in [0.717, 1.165) is 38.1 Å². The molecule has 0 saturated carbocycles. The molecule has 0 bridgehead atoms. The Balaban J connectivity index is 1.82. The summed E-state index contributed by atoms with van der Waals surface area (Å²) in [6.07, 6.45) is 3.56. The van der Waals surface area contributed by atoms with Gasteiger partial charge in [0, 0.05) is 35.2 Å². The maximum absolute atomic E-state index is 6.10. The van der Waals surface area contributed by atoms with E-state index in [0.29, 0.717) is 11.5 Å². The van der Waals surface area contributed by atoms with Gasteiger partial charge in [0.2, 0.25) is 0 Å². The van der Waals surface area contributed by atoms with Crippen LogP contribution in [0.25, 0.3) is 0 Å². The van der Waals surface area contributed by atoms with Gasteiger partial charge < -0.3 is 9.64 Å². The summed E-state index contributed by atoms with van der Waals surface area (Å²) in [5.74, 6) is 0.994. The van der Waals surface area contributed by atoms with Crippen LogP contribution in [0.2, 0.25) is 0 Å². The van der Waals surface area contributed by atoms with Gasteiger partial charge in [0.05, 0.1) is 0 Å². The van der Waals surface area contributed by atoms with E-state index < -0.39 is 0 Å². The maximum Gasteiger partial charge on any atom is 0.120 e. The van der Waals surface area contributed by atoms with Crippen molar-refractivity contribution in [1.29, 1.82) is 0 Å². The standard InChI is InChI=1S/C18H26INO/c1-14(13-18(2,3)4)20-10-8-16(9-11-20)21-17-7-5-6-15(19)12-17/h5-7,12,16H,1,8-11,13H2,2-4H3. The number of allylic oxidation sites excluding steroid dienone is 1. The molecule has 0 N–H and O–H groups in total. The lowest BCUT2D eigenvalue weighted by molar-refractivity contribution is 0.113. The molecular weight excluding hydrogens is 373 g/mol. The molecule has 0 unspecified atom stereocenters. The Kier molecular flexibility index (Phi) is 5.58. The molecule has 0 amide bonds. The highest BCUT2D eigenvalue weighted by Crippen LogP contribution is 2.28. The first-order valence-corrected chi connectivity index (χ1v) is 8.76. The van der Waals surface area contributed by atoms with Gasteiger partial charge in [0.25, 0.3) is 0 Å². The Hall–Kier alpha value is -0.710. The van der Waals surface area contributed by atoms with E-state index in [1.54, 1.807) is 0 Å². The van der Waals surface area contributed by atoms with Crippen molar-refractivity contribution in [2.75, 3.05) is 13.1 Å². The molecular formula is C18H26INO. The summed E-state index contributed by atoms with van der Waals surface area (Å²) >= 11 is 2.32. The van der Waals surface area contributed by atoms with Crippen molar-refractivity contribution in [3.63, 3.8) is 0 Å². The Morgan fingerprint density at radius 1 is 1.33 bits per heavy atom. The van der Waals surface area contributed by atoms with Crippen molar-refractivity contribution in [3.8, 4) is 5.75 Å². The number of hydrogen-bond donors (Lipinski definition) is 0. The second kappa shape index (κ2) is 7.03. The van der Waals surface area contributed by atoms with Gasteiger partial charge >= 0.3 is 0 Å². The minimum Gasteiger partial charge on any atom is -0.490 e. The Labute approximate surface area is 142 Å². The highest BCUT2D eigenvalue weighted by Gasteiger charge is 2.23. The number of benzene rings is 1. The van der Waals surface area contributed by atoms with Gasteiger partial charge in [-0.25, -0.2) is 0 Å². The topological polar surface area (TPSA) is 12.5 Å². The van der Waals surface area contributed by atoms with E-state index in [4.69, 9.17) is 4.74 Å². The van der Waals surface area contributed by atoms with Gasteiger partial charge in [0.15, 0.2) is 0 Å². The van der Waals surface area contributed by atoms with Crippen LogP contribution in [0, 0.1) is 8.99 Å². The van der Waals surface area contributed by atoms with Crippen LogP contribution in [0.1, 0.15) is 40.0 Å². The Morgan fingerprint density at radius 2 is 2.00 bits per heavy atom. The van der Waals surface area contributed by atoms with Crippen molar-refractivity contribution in [3.05, 3.63) is 40.1 Å². The minimum absolute atomic E-state index is 0.311. The average Bonchev–Trinajstić information content (AvgIpc) is 2.37. The first kappa shape index (κ1) is 16.7. The first-order chi connectivity index (χ1) is 9.83. The van der Waals surface area contributed by atoms with Crippen LogP contribution in [0.3, 0.4) is 0 Å². The average molecular weight is 399 g/mol. The molecule has 2 rings (SSSR count). The van der Waals surface area contributed by atoms with Gasteiger partial charge in [-0.15, -0.1) is 0 Å². The zero-order valence-electron chi connectivity index (χ0n) is 13.4. The van der Waals surface area contributed by atoms with Crippen molar-refractivity contribution in [2.45, 2.75) is 46.1 Å². The fourth-order valence-corrected chi connectivity index (χ4v) is 3.26. The third-order valence-electron chi connectivity index (χ3n) is 3.72. The summed E-state index contributed by atoms with van der Waals surface area (Å²) in [5, 5.41) is 0. The molecule has 1 saturated heterocycles. The van der Waals surface area contributed by atoms with E-state index in [2.05, 4.69) is 73.0 Å². The maximum atomic E-state index is 6.10. The Morgan fingerprint density at radius 3 is 2.57 bits per heavy atom. The van der Waals surface area contributed by atoms with E-state index in [9.17, 15) is 0 Å². The molecule has 1 aliphatic rings. The smallest absolute Gasteiger partial charge is 0.120 e. The monoisotopic (exact) mass is 399 g/mol. The molecule has 1 heterocycles. The van der Waals surface area contributed by atoms with E-state index >= 15 is 0 Å². The number of piperidine rings is 1. The highest BCUT2D eigenvalue weighted by atomic mass is 127. The number of rotatable bonds is 4. The summed E-state index contributed by atoms with van der Waals surface area (Å²) < 4.78 is 7.33. The number of halogens is 1. The predicted molar refractivity (Wildman–Crippen MR) is 97.6 cm³/mol. The summed E-state index contributed by atoms with van der Waals surface area (Å²) in [6.45, 7) is 13.2. The predicted octanol–water partition coefficient (Wildman–Crippen LogP) is 5.08. The van der Waals surface area contributed by atoms with Crippen molar-refractivity contribution < 1.29 is 4.74 Å². The van der Waals surface area contributed by atoms with Crippen LogP contribution in [-0.2, 0) is 0 Å². The van der Waals surface area contributed by atoms with Crippen molar-refractivity contribution in [1.82, 2.24) is 4.90 Å². The lowest BCUT2D eigenvalue weighted by Gasteiger charge is -2.36. The van der Waals surface area contributed by atoms with E-state index in [1.165, 1.54) is 9.27 Å². The van der Waals surface area contributed by atoms with Crippen LogP contribution < -0.4 is 4.74 Å². The molecule has 0 atom stereocenters. The molecule has 0 radical (unpaired) electrons. The summed E-state index contributed by atoms with van der Waals surface area (Å²) in [6, 6.07) is 8.29. The lowest BCUT2D eigenvalue weighted by Crippen LogP contribution is -2.38. The number of hydrogen-bond acceptors (Lipinski definition) is 2. The van der Waals surface area contributed by atoms with Gasteiger partial charge in [-0.2, -0.15) is 0 Å². The minimum atomic E-state index is 0.311. The molecule has 2 nitrogen and oxygen atoms in total. The zero-order valence-corrected chi connectivity index (χ0v) is 15.5. The van der Waals surface area contributed by atoms with Crippen LogP contribution in [0.5, 0.6) is 5.75 Å². The number of nitrogens with zero attached hydrogens (tertiary/aromatic N) is 1. The van der Waals surface area contributed by atoms with E-state index in [1.807, 2.05) is 6.07 Å². The molecule has 0 aromatic heterocycles. The molecule has 0 aliphatic carbocycles. The molecule has 1 aliphatic heterocycles. The highest BCUT2D eigenvalue weighted by molar-refractivity contribution is 14.1. The van der Waals surface area contributed by atoms with Crippen LogP contribution in [0.15, 0.2) is 36.5 Å². The number of ether oxygens (including phenoxy) is 1. The quantitative estimate of drug-likeness (QED) is 0.655. The molecule has 1 aromatic rings. The van der Waals surface area contributed by atoms with Crippen LogP contribution in [-0.4, -0.2) is 24.1 Å². The third-order valence-corrected chi connectivity index (χ3v) is 4.39. The molecule has 1 fully saturated rings. The zero-order chi connectivity index (χ0) is 15.5.